The molecule has 0 spiro atoms. The molecule has 1 aliphatic carbocycles. The summed E-state index contributed by atoms with van der Waals surface area (Å²) in [5.74, 6) is -0.594. The van der Waals surface area contributed by atoms with E-state index in [4.69, 9.17) is 4.74 Å². The summed E-state index contributed by atoms with van der Waals surface area (Å²) < 4.78 is 48.4. The van der Waals surface area contributed by atoms with Gasteiger partial charge in [-0.15, -0.1) is 0 Å². The normalized spacial score (nSPS) is 23.4. The number of carboxylic acid groups (broad SMARTS) is 1. The average Bonchev–Trinajstić information content (AvgIpc) is 2.75. The van der Waals surface area contributed by atoms with Crippen LogP contribution in [0.4, 0.5) is 13.2 Å². The Morgan fingerprint density at radius 1 is 1.03 bits per heavy atom. The molecule has 0 atom stereocenters. The van der Waals surface area contributed by atoms with Crippen molar-refractivity contribution in [3.05, 3.63) is 41.5 Å². The van der Waals surface area contributed by atoms with Crippen LogP contribution in [0, 0.1) is 11.8 Å². The number of benzene rings is 2. The molecule has 1 aliphatic heterocycles. The summed E-state index contributed by atoms with van der Waals surface area (Å²) in [4.78, 5) is 13.3. The highest BCUT2D eigenvalue weighted by Crippen LogP contribution is 2.43. The van der Waals surface area contributed by atoms with Gasteiger partial charge in [-0.2, -0.15) is 13.2 Å². The predicted molar refractivity (Wildman–Crippen MR) is 117 cm³/mol. The van der Waals surface area contributed by atoms with Crippen molar-refractivity contribution in [1.29, 1.82) is 0 Å². The molecule has 2 fully saturated rings. The summed E-state index contributed by atoms with van der Waals surface area (Å²) in [6.07, 6.45) is -0.0629. The fourth-order valence-corrected chi connectivity index (χ4v) is 5.04. The second kappa shape index (κ2) is 9.30. The van der Waals surface area contributed by atoms with E-state index in [2.05, 4.69) is 11.8 Å². The van der Waals surface area contributed by atoms with E-state index < -0.39 is 17.7 Å². The van der Waals surface area contributed by atoms with Crippen molar-refractivity contribution in [2.75, 3.05) is 13.1 Å². The van der Waals surface area contributed by atoms with E-state index in [1.807, 2.05) is 6.07 Å². The van der Waals surface area contributed by atoms with Crippen molar-refractivity contribution in [2.24, 2.45) is 11.8 Å². The number of nitrogens with zero attached hydrogens (tertiary/aromatic N) is 1. The van der Waals surface area contributed by atoms with Crippen LogP contribution in [0.1, 0.15) is 56.6 Å². The smallest absolute Gasteiger partial charge is 0.420 e. The van der Waals surface area contributed by atoms with Crippen molar-refractivity contribution < 1.29 is 27.8 Å². The Labute approximate surface area is 186 Å². The van der Waals surface area contributed by atoms with Gasteiger partial charge in [0, 0.05) is 6.54 Å². The minimum absolute atomic E-state index is 0.0797. The second-order valence-corrected chi connectivity index (χ2v) is 9.34. The molecule has 2 aromatic rings. The van der Waals surface area contributed by atoms with Crippen LogP contribution in [0.15, 0.2) is 30.3 Å². The van der Waals surface area contributed by atoms with Crippen LogP contribution in [0.25, 0.3) is 10.8 Å². The molecule has 0 aromatic heterocycles. The number of aliphatic carboxylic acids is 1. The maximum absolute atomic E-state index is 14.2. The summed E-state index contributed by atoms with van der Waals surface area (Å²) >= 11 is 0. The van der Waals surface area contributed by atoms with E-state index in [9.17, 15) is 23.1 Å². The van der Waals surface area contributed by atoms with Gasteiger partial charge in [0.2, 0.25) is 0 Å². The molecular weight excluding hydrogens is 419 g/mol. The topological polar surface area (TPSA) is 49.8 Å². The molecule has 1 saturated carbocycles. The van der Waals surface area contributed by atoms with Crippen molar-refractivity contribution in [3.63, 3.8) is 0 Å². The first-order valence-electron chi connectivity index (χ1n) is 11.5. The van der Waals surface area contributed by atoms with E-state index >= 15 is 0 Å². The van der Waals surface area contributed by atoms with Crippen molar-refractivity contribution in [2.45, 2.75) is 64.3 Å². The Kier molecular flexibility index (Phi) is 6.65. The van der Waals surface area contributed by atoms with Crippen LogP contribution in [-0.4, -0.2) is 35.2 Å². The maximum atomic E-state index is 14.2. The van der Waals surface area contributed by atoms with Crippen molar-refractivity contribution >= 4 is 16.7 Å². The number of fused-ring (bicyclic) bond motifs is 1. The zero-order chi connectivity index (χ0) is 22.9. The molecule has 32 heavy (non-hydrogen) atoms. The Morgan fingerprint density at radius 2 is 1.72 bits per heavy atom. The first kappa shape index (κ1) is 22.9. The number of hydrogen-bond acceptors (Lipinski definition) is 3. The number of ether oxygens (including phenoxy) is 1. The summed E-state index contributed by atoms with van der Waals surface area (Å²) in [5.41, 5.74) is 0.125. The van der Waals surface area contributed by atoms with Gasteiger partial charge in [0.05, 0.1) is 12.0 Å². The van der Waals surface area contributed by atoms with E-state index in [1.54, 1.807) is 12.1 Å². The van der Waals surface area contributed by atoms with Gasteiger partial charge in [-0.1, -0.05) is 31.2 Å². The highest BCUT2D eigenvalue weighted by Gasteiger charge is 2.37. The van der Waals surface area contributed by atoms with E-state index in [0.717, 1.165) is 31.2 Å². The van der Waals surface area contributed by atoms with Gasteiger partial charge in [-0.3, -0.25) is 9.69 Å². The lowest BCUT2D eigenvalue weighted by molar-refractivity contribution is -0.143. The highest BCUT2D eigenvalue weighted by atomic mass is 19.4. The summed E-state index contributed by atoms with van der Waals surface area (Å²) in [6, 6.07) is 8.26. The molecule has 7 heteroatoms. The van der Waals surface area contributed by atoms with Crippen molar-refractivity contribution in [1.82, 2.24) is 4.90 Å². The Hall–Kier alpha value is -2.28. The third-order valence-electron chi connectivity index (χ3n) is 6.98. The quantitative estimate of drug-likeness (QED) is 0.598. The molecule has 4 nitrogen and oxygen atoms in total. The molecule has 0 radical (unpaired) electrons. The van der Waals surface area contributed by atoms with Gasteiger partial charge in [0.15, 0.2) is 0 Å². The van der Waals surface area contributed by atoms with E-state index in [-0.39, 0.29) is 23.2 Å². The fourth-order valence-electron chi connectivity index (χ4n) is 5.04. The largest absolute Gasteiger partial charge is 0.490 e. The lowest BCUT2D eigenvalue weighted by Gasteiger charge is -2.30. The molecule has 0 bridgehead atoms. The summed E-state index contributed by atoms with van der Waals surface area (Å²) in [7, 11) is 0. The highest BCUT2D eigenvalue weighted by molar-refractivity contribution is 5.91. The lowest BCUT2D eigenvalue weighted by atomic mass is 9.89. The predicted octanol–water partition coefficient (Wildman–Crippen LogP) is 6.11. The molecule has 2 aliphatic rings. The third-order valence-corrected chi connectivity index (χ3v) is 6.98. The second-order valence-electron chi connectivity index (χ2n) is 9.34. The molecule has 0 amide bonds. The lowest BCUT2D eigenvalue weighted by Crippen LogP contribution is -2.35. The van der Waals surface area contributed by atoms with Crippen LogP contribution < -0.4 is 4.74 Å². The van der Waals surface area contributed by atoms with Crippen LogP contribution in [-0.2, 0) is 17.5 Å². The number of piperidine rings is 1. The van der Waals surface area contributed by atoms with Crippen LogP contribution in [0.5, 0.6) is 5.75 Å². The Morgan fingerprint density at radius 3 is 2.34 bits per heavy atom. The number of likely N-dealkylation sites (tertiary alicyclic amines) is 1. The number of carboxylic acids is 1. The minimum atomic E-state index is -4.52. The molecule has 174 valence electrons. The zero-order valence-electron chi connectivity index (χ0n) is 18.3. The number of carbonyl (C=O) groups is 1. The Balaban J connectivity index is 1.61. The first-order valence-corrected chi connectivity index (χ1v) is 11.5. The molecule has 0 unspecified atom stereocenters. The minimum Gasteiger partial charge on any atom is -0.490 e. The van der Waals surface area contributed by atoms with Gasteiger partial charge >= 0.3 is 12.1 Å². The third kappa shape index (κ3) is 5.03. The molecule has 1 N–H and O–H groups in total. The average molecular weight is 450 g/mol. The standard InChI is InChI=1S/C25H30F3NO3/c1-16-5-7-19(8-6-16)32-22-10-9-20-18(3-2-4-21(20)23(22)25(26,27)28)15-29-13-11-17(12-14-29)24(30)31/h2-4,9-10,16-17,19H,5-8,11-15H2,1H3,(H,30,31)/t16-,19+. The van der Waals surface area contributed by atoms with Gasteiger partial charge in [0.1, 0.15) is 11.3 Å². The fraction of sp³-hybridized carbons (Fsp3) is 0.560. The maximum Gasteiger partial charge on any atom is 0.420 e. The van der Waals surface area contributed by atoms with Gasteiger partial charge in [-0.05, 0) is 79.9 Å². The SMILES string of the molecule is C[C@H]1CC[C@@H](Oc2ccc3c(CN4CCC(C(=O)O)CC4)cccc3c2C(F)(F)F)CC1. The van der Waals surface area contributed by atoms with Crippen LogP contribution in [0.3, 0.4) is 0 Å². The van der Waals surface area contributed by atoms with Crippen LogP contribution in [0.2, 0.25) is 0 Å². The monoisotopic (exact) mass is 449 g/mol. The molecular formula is C25H30F3NO3. The van der Waals surface area contributed by atoms with Crippen molar-refractivity contribution in [3.8, 4) is 5.75 Å². The molecule has 1 saturated heterocycles. The number of hydrogen-bond donors (Lipinski definition) is 1. The van der Waals surface area contributed by atoms with Gasteiger partial charge in [0.25, 0.3) is 0 Å². The molecule has 1 heterocycles. The van der Waals surface area contributed by atoms with E-state index in [0.29, 0.717) is 43.8 Å². The number of alkyl halides is 3. The van der Waals surface area contributed by atoms with E-state index in [1.165, 1.54) is 12.1 Å². The number of rotatable bonds is 5. The Bertz CT molecular complexity index is 959. The summed E-state index contributed by atoms with van der Waals surface area (Å²) in [6.45, 7) is 3.92. The summed E-state index contributed by atoms with van der Waals surface area (Å²) in [5, 5.41) is 9.92. The molecule has 2 aromatic carbocycles. The zero-order valence-corrected chi connectivity index (χ0v) is 18.3. The first-order chi connectivity index (χ1) is 15.2. The van der Waals surface area contributed by atoms with Crippen LogP contribution >= 0.6 is 0 Å². The molecule has 4 rings (SSSR count). The number of halogens is 3. The van der Waals surface area contributed by atoms with Gasteiger partial charge < -0.3 is 9.84 Å². The van der Waals surface area contributed by atoms with Gasteiger partial charge in [-0.25, -0.2) is 0 Å².